The summed E-state index contributed by atoms with van der Waals surface area (Å²) in [5.41, 5.74) is 3.00. The largest absolute Gasteiger partial charge is 0.493 e. The van der Waals surface area contributed by atoms with Crippen LogP contribution in [-0.2, 0) is 4.79 Å². The van der Waals surface area contributed by atoms with E-state index in [2.05, 4.69) is 5.32 Å². The number of methoxy groups -OCH3 is 1. The van der Waals surface area contributed by atoms with Crippen LogP contribution >= 0.6 is 11.6 Å². The van der Waals surface area contributed by atoms with E-state index in [0.29, 0.717) is 28.7 Å². The van der Waals surface area contributed by atoms with Gasteiger partial charge in [0.1, 0.15) is 0 Å². The fraction of sp³-hybridized carbons (Fsp3) is 0.167. The smallest absolute Gasteiger partial charge is 0.256 e. The maximum absolute atomic E-state index is 12.2. The first-order valence-electron chi connectivity index (χ1n) is 7.26. The molecule has 2 aromatic carbocycles. The number of carbonyl (C=O) groups excluding carboxylic acids is 1. The zero-order valence-corrected chi connectivity index (χ0v) is 13.6. The van der Waals surface area contributed by atoms with Crippen molar-refractivity contribution in [2.45, 2.75) is 6.92 Å². The summed E-state index contributed by atoms with van der Waals surface area (Å²) in [7, 11) is 1.60. The third-order valence-corrected chi connectivity index (χ3v) is 3.80. The average molecular weight is 330 g/mol. The third-order valence-electron chi connectivity index (χ3n) is 3.56. The Labute approximate surface area is 139 Å². The lowest BCUT2D eigenvalue weighted by atomic mass is 10.0. The molecular formula is C18H16ClNO3. The van der Waals surface area contributed by atoms with Crippen LogP contribution in [0.5, 0.6) is 11.5 Å². The molecule has 0 radical (unpaired) electrons. The molecule has 0 unspecified atom stereocenters. The van der Waals surface area contributed by atoms with E-state index in [4.69, 9.17) is 21.1 Å². The van der Waals surface area contributed by atoms with Gasteiger partial charge >= 0.3 is 0 Å². The Morgan fingerprint density at radius 1 is 1.17 bits per heavy atom. The number of fused-ring (bicyclic) bond motifs is 1. The van der Waals surface area contributed by atoms with Gasteiger partial charge in [-0.1, -0.05) is 17.7 Å². The van der Waals surface area contributed by atoms with Gasteiger partial charge in [0, 0.05) is 21.8 Å². The van der Waals surface area contributed by atoms with Crippen molar-refractivity contribution in [2.75, 3.05) is 19.0 Å². The third kappa shape index (κ3) is 3.03. The predicted octanol–water partition coefficient (Wildman–Crippen LogP) is 4.24. The quantitative estimate of drug-likeness (QED) is 0.853. The molecule has 0 saturated carbocycles. The van der Waals surface area contributed by atoms with Crippen LogP contribution in [-0.4, -0.2) is 19.6 Å². The number of halogens is 1. The molecule has 1 aliphatic heterocycles. The first-order chi connectivity index (χ1) is 11.1. The molecule has 1 N–H and O–H groups in total. The number of rotatable bonds is 4. The van der Waals surface area contributed by atoms with Gasteiger partial charge in [-0.15, -0.1) is 0 Å². The van der Waals surface area contributed by atoms with Gasteiger partial charge in [-0.25, -0.2) is 0 Å². The van der Waals surface area contributed by atoms with Crippen molar-refractivity contribution in [1.82, 2.24) is 0 Å². The second-order valence-electron chi connectivity index (χ2n) is 5.05. The van der Waals surface area contributed by atoms with E-state index in [1.165, 1.54) is 0 Å². The average Bonchev–Trinajstić information content (AvgIpc) is 2.84. The molecule has 1 heterocycles. The van der Waals surface area contributed by atoms with Gasteiger partial charge in [0.2, 0.25) is 0 Å². The molecule has 0 aliphatic carbocycles. The first-order valence-corrected chi connectivity index (χ1v) is 7.64. The molecule has 1 aliphatic rings. The number of nitrogens with one attached hydrogen (secondary N) is 1. The SMILES string of the molecule is CCOc1cc(/C=C2/C(=O)Nc3ccc(Cl)cc32)ccc1OC. The number of carbonyl (C=O) groups is 1. The molecule has 0 fully saturated rings. The van der Waals surface area contributed by atoms with Crippen LogP contribution < -0.4 is 14.8 Å². The van der Waals surface area contributed by atoms with Crippen LogP contribution in [0.25, 0.3) is 11.6 Å². The van der Waals surface area contributed by atoms with Crippen LogP contribution in [0, 0.1) is 0 Å². The highest BCUT2D eigenvalue weighted by Gasteiger charge is 2.24. The van der Waals surface area contributed by atoms with Crippen molar-refractivity contribution in [3.63, 3.8) is 0 Å². The minimum Gasteiger partial charge on any atom is -0.493 e. The van der Waals surface area contributed by atoms with E-state index in [9.17, 15) is 4.79 Å². The highest BCUT2D eigenvalue weighted by molar-refractivity contribution is 6.36. The summed E-state index contributed by atoms with van der Waals surface area (Å²) in [6, 6.07) is 10.9. The van der Waals surface area contributed by atoms with Crippen LogP contribution in [0.4, 0.5) is 5.69 Å². The Balaban J connectivity index is 2.04. The number of hydrogen-bond donors (Lipinski definition) is 1. The van der Waals surface area contributed by atoms with Crippen LogP contribution in [0.15, 0.2) is 36.4 Å². The lowest BCUT2D eigenvalue weighted by molar-refractivity contribution is -0.110. The Hall–Kier alpha value is -2.46. The molecule has 3 rings (SSSR count). The van der Waals surface area contributed by atoms with Gasteiger partial charge in [-0.2, -0.15) is 0 Å². The Morgan fingerprint density at radius 2 is 2.00 bits per heavy atom. The van der Waals surface area contributed by atoms with Gasteiger partial charge in [0.15, 0.2) is 11.5 Å². The van der Waals surface area contributed by atoms with E-state index in [0.717, 1.165) is 16.8 Å². The lowest BCUT2D eigenvalue weighted by Gasteiger charge is -2.10. The van der Waals surface area contributed by atoms with Crippen molar-refractivity contribution < 1.29 is 14.3 Å². The van der Waals surface area contributed by atoms with Crippen molar-refractivity contribution in [2.24, 2.45) is 0 Å². The summed E-state index contributed by atoms with van der Waals surface area (Å²) < 4.78 is 10.8. The monoisotopic (exact) mass is 329 g/mol. The second-order valence-corrected chi connectivity index (χ2v) is 5.48. The number of anilines is 1. The molecule has 0 aromatic heterocycles. The van der Waals surface area contributed by atoms with Crippen molar-refractivity contribution >= 4 is 34.8 Å². The van der Waals surface area contributed by atoms with E-state index in [1.54, 1.807) is 25.3 Å². The molecule has 0 spiro atoms. The minimum absolute atomic E-state index is 0.143. The molecule has 0 atom stereocenters. The van der Waals surface area contributed by atoms with Crippen molar-refractivity contribution in [3.8, 4) is 11.5 Å². The minimum atomic E-state index is -0.143. The summed E-state index contributed by atoms with van der Waals surface area (Å²) >= 11 is 6.04. The Bertz CT molecular complexity index is 799. The van der Waals surface area contributed by atoms with E-state index >= 15 is 0 Å². The summed E-state index contributed by atoms with van der Waals surface area (Å²) in [5, 5.41) is 3.43. The maximum atomic E-state index is 12.2. The lowest BCUT2D eigenvalue weighted by Crippen LogP contribution is -2.03. The van der Waals surface area contributed by atoms with E-state index < -0.39 is 0 Å². The van der Waals surface area contributed by atoms with Gasteiger partial charge in [-0.3, -0.25) is 4.79 Å². The standard InChI is InChI=1S/C18H16ClNO3/c1-3-23-17-9-11(4-7-16(17)22-2)8-14-13-10-12(19)5-6-15(13)20-18(14)21/h4-10H,3H2,1-2H3,(H,20,21)/b14-8+. The normalized spacial score (nSPS) is 14.6. The van der Waals surface area contributed by atoms with Gasteiger partial charge < -0.3 is 14.8 Å². The second kappa shape index (κ2) is 6.34. The van der Waals surface area contributed by atoms with Gasteiger partial charge in [0.05, 0.1) is 13.7 Å². The summed E-state index contributed by atoms with van der Waals surface area (Å²) in [6.07, 6.45) is 1.82. The molecule has 0 saturated heterocycles. The van der Waals surface area contributed by atoms with Gasteiger partial charge in [-0.05, 0) is 48.9 Å². The summed E-state index contributed by atoms with van der Waals surface area (Å²) in [6.45, 7) is 2.45. The summed E-state index contributed by atoms with van der Waals surface area (Å²) in [5.74, 6) is 1.17. The Morgan fingerprint density at radius 3 is 2.74 bits per heavy atom. The molecule has 0 bridgehead atoms. The fourth-order valence-corrected chi connectivity index (χ4v) is 2.69. The first kappa shape index (κ1) is 15.4. The number of ether oxygens (including phenoxy) is 2. The van der Waals surface area contributed by atoms with Crippen LogP contribution in [0.3, 0.4) is 0 Å². The molecule has 1 amide bonds. The summed E-state index contributed by atoms with van der Waals surface area (Å²) in [4.78, 5) is 12.2. The number of amides is 1. The molecule has 118 valence electrons. The fourth-order valence-electron chi connectivity index (χ4n) is 2.52. The van der Waals surface area contributed by atoms with Crippen LogP contribution in [0.1, 0.15) is 18.1 Å². The van der Waals surface area contributed by atoms with Gasteiger partial charge in [0.25, 0.3) is 5.91 Å². The Kier molecular flexibility index (Phi) is 4.26. The van der Waals surface area contributed by atoms with Crippen molar-refractivity contribution in [3.05, 3.63) is 52.5 Å². The topological polar surface area (TPSA) is 47.6 Å². The molecular weight excluding hydrogens is 314 g/mol. The van der Waals surface area contributed by atoms with Crippen LogP contribution in [0.2, 0.25) is 5.02 Å². The predicted molar refractivity (Wildman–Crippen MR) is 92.1 cm³/mol. The van der Waals surface area contributed by atoms with Crippen molar-refractivity contribution in [1.29, 1.82) is 0 Å². The molecule has 5 heteroatoms. The zero-order valence-electron chi connectivity index (χ0n) is 12.9. The van der Waals surface area contributed by atoms with E-state index in [1.807, 2.05) is 31.2 Å². The van der Waals surface area contributed by atoms with E-state index in [-0.39, 0.29) is 5.91 Å². The highest BCUT2D eigenvalue weighted by Crippen LogP contribution is 2.36. The highest BCUT2D eigenvalue weighted by atomic mass is 35.5. The molecule has 4 nitrogen and oxygen atoms in total. The molecule has 2 aromatic rings. The zero-order chi connectivity index (χ0) is 16.4. The maximum Gasteiger partial charge on any atom is 0.256 e. The number of benzene rings is 2. The molecule has 23 heavy (non-hydrogen) atoms. The number of hydrogen-bond acceptors (Lipinski definition) is 3.